The van der Waals surface area contributed by atoms with E-state index < -0.39 is 0 Å². The number of ether oxygens (including phenoxy) is 1. The number of hydrogen-bond acceptors (Lipinski definition) is 3. The van der Waals surface area contributed by atoms with Crippen LogP contribution in [0.1, 0.15) is 13.0 Å². The average Bonchev–Trinajstić information content (AvgIpc) is 2.34. The molecule has 1 unspecified atom stereocenters. The molecule has 68 valence electrons. The summed E-state index contributed by atoms with van der Waals surface area (Å²) < 4.78 is 6.61. The zero-order valence-electron chi connectivity index (χ0n) is 7.12. The molecule has 1 heterocycles. The van der Waals surface area contributed by atoms with Crippen LogP contribution in [0.5, 0.6) is 0 Å². The van der Waals surface area contributed by atoms with Crippen LogP contribution in [-0.2, 0) is 4.74 Å². The fourth-order valence-corrected chi connectivity index (χ4v) is 1.14. The molecule has 0 aromatic carbocycles. The van der Waals surface area contributed by atoms with Gasteiger partial charge in [0.2, 0.25) is 0 Å². The van der Waals surface area contributed by atoms with Gasteiger partial charge in [0.1, 0.15) is 10.8 Å². The summed E-state index contributed by atoms with van der Waals surface area (Å²) in [6, 6.07) is 0.113. The van der Waals surface area contributed by atoms with Gasteiger partial charge in [0.15, 0.2) is 0 Å². The Balaban J connectivity index is 2.80. The summed E-state index contributed by atoms with van der Waals surface area (Å²) in [5.41, 5.74) is 5.65. The van der Waals surface area contributed by atoms with Crippen LogP contribution in [0.3, 0.4) is 0 Å². The summed E-state index contributed by atoms with van der Waals surface area (Å²) in [4.78, 5) is 0. The van der Waals surface area contributed by atoms with Crippen LogP contribution in [0.15, 0.2) is 6.20 Å². The number of anilines is 1. The van der Waals surface area contributed by atoms with E-state index in [2.05, 4.69) is 5.10 Å². The maximum Gasteiger partial charge on any atom is 0.140 e. The van der Waals surface area contributed by atoms with Gasteiger partial charge in [-0.05, 0) is 6.92 Å². The maximum absolute atomic E-state index is 5.72. The van der Waals surface area contributed by atoms with Crippen LogP contribution >= 0.6 is 11.6 Å². The first-order valence-electron chi connectivity index (χ1n) is 3.64. The molecule has 0 radical (unpaired) electrons. The van der Waals surface area contributed by atoms with Gasteiger partial charge in [0.05, 0.1) is 18.8 Å². The summed E-state index contributed by atoms with van der Waals surface area (Å²) in [5, 5.41) is 4.50. The first kappa shape index (κ1) is 9.35. The fourth-order valence-electron chi connectivity index (χ4n) is 1.01. The third kappa shape index (κ3) is 1.70. The zero-order chi connectivity index (χ0) is 9.14. The molecule has 0 aliphatic rings. The van der Waals surface area contributed by atoms with E-state index >= 15 is 0 Å². The van der Waals surface area contributed by atoms with E-state index in [1.54, 1.807) is 11.8 Å². The molecule has 0 spiro atoms. The predicted molar refractivity (Wildman–Crippen MR) is 48.2 cm³/mol. The van der Waals surface area contributed by atoms with Crippen LogP contribution in [0.4, 0.5) is 5.82 Å². The molecule has 2 N–H and O–H groups in total. The van der Waals surface area contributed by atoms with E-state index in [-0.39, 0.29) is 6.04 Å². The van der Waals surface area contributed by atoms with Crippen LogP contribution in [0.25, 0.3) is 0 Å². The Hall–Kier alpha value is -0.740. The lowest BCUT2D eigenvalue weighted by Crippen LogP contribution is -2.14. The standard InChI is InChI=1S/C7H12ClN3O/c1-5(4-12-2)11-7(9)6(8)3-10-11/h3,5H,4,9H2,1-2H3. The lowest BCUT2D eigenvalue weighted by atomic mass is 10.4. The topological polar surface area (TPSA) is 53.1 Å². The van der Waals surface area contributed by atoms with E-state index in [0.717, 1.165) is 0 Å². The van der Waals surface area contributed by atoms with E-state index in [4.69, 9.17) is 22.1 Å². The van der Waals surface area contributed by atoms with Gasteiger partial charge >= 0.3 is 0 Å². The predicted octanol–water partition coefficient (Wildman–Crippen LogP) is 1.33. The Morgan fingerprint density at radius 3 is 2.92 bits per heavy atom. The van der Waals surface area contributed by atoms with E-state index in [9.17, 15) is 0 Å². The van der Waals surface area contributed by atoms with Crippen molar-refractivity contribution >= 4 is 17.4 Å². The summed E-state index contributed by atoms with van der Waals surface area (Å²) in [6.07, 6.45) is 1.53. The van der Waals surface area contributed by atoms with Crippen LogP contribution < -0.4 is 5.73 Å². The highest BCUT2D eigenvalue weighted by Crippen LogP contribution is 2.20. The molecule has 0 amide bonds. The van der Waals surface area contributed by atoms with Crippen molar-refractivity contribution in [3.63, 3.8) is 0 Å². The molecule has 1 aromatic rings. The Bertz CT molecular complexity index is 261. The SMILES string of the molecule is COCC(C)n1ncc(Cl)c1N. The van der Waals surface area contributed by atoms with Gasteiger partial charge in [-0.3, -0.25) is 0 Å². The second kappa shape index (κ2) is 3.78. The van der Waals surface area contributed by atoms with Crippen molar-refractivity contribution in [3.8, 4) is 0 Å². The average molecular weight is 190 g/mol. The normalized spacial score (nSPS) is 13.2. The first-order valence-corrected chi connectivity index (χ1v) is 4.02. The Labute approximate surface area is 76.3 Å². The van der Waals surface area contributed by atoms with Crippen molar-refractivity contribution in [1.29, 1.82) is 0 Å². The summed E-state index contributed by atoms with van der Waals surface area (Å²) in [5.74, 6) is 0.487. The number of halogens is 1. The van der Waals surface area contributed by atoms with Gasteiger partial charge in [0.25, 0.3) is 0 Å². The number of methoxy groups -OCH3 is 1. The minimum atomic E-state index is 0.113. The Morgan fingerprint density at radius 2 is 2.50 bits per heavy atom. The molecule has 1 aromatic heterocycles. The number of nitrogen functional groups attached to an aromatic ring is 1. The number of nitrogens with two attached hydrogens (primary N) is 1. The molecule has 0 saturated carbocycles. The minimum absolute atomic E-state index is 0.113. The molecule has 4 nitrogen and oxygen atoms in total. The summed E-state index contributed by atoms with van der Waals surface area (Å²) in [6.45, 7) is 2.53. The van der Waals surface area contributed by atoms with Crippen molar-refractivity contribution in [2.75, 3.05) is 19.5 Å². The summed E-state index contributed by atoms with van der Waals surface area (Å²) >= 11 is 5.72. The van der Waals surface area contributed by atoms with Crippen LogP contribution in [-0.4, -0.2) is 23.5 Å². The number of hydrogen-bond donors (Lipinski definition) is 1. The molecular formula is C7H12ClN3O. The molecule has 5 heteroatoms. The molecule has 0 saturated heterocycles. The third-order valence-corrected chi connectivity index (χ3v) is 1.90. The van der Waals surface area contributed by atoms with E-state index in [1.807, 2.05) is 6.92 Å². The van der Waals surface area contributed by atoms with Crippen molar-refractivity contribution < 1.29 is 4.74 Å². The molecule has 0 aliphatic carbocycles. The smallest absolute Gasteiger partial charge is 0.140 e. The van der Waals surface area contributed by atoms with E-state index in [1.165, 1.54) is 6.20 Å². The quantitative estimate of drug-likeness (QED) is 0.781. The molecule has 0 fully saturated rings. The highest BCUT2D eigenvalue weighted by Gasteiger charge is 2.10. The van der Waals surface area contributed by atoms with Gasteiger partial charge in [-0.15, -0.1) is 0 Å². The first-order chi connectivity index (χ1) is 5.66. The number of aromatic nitrogens is 2. The van der Waals surface area contributed by atoms with Crippen molar-refractivity contribution in [1.82, 2.24) is 9.78 Å². The third-order valence-electron chi connectivity index (χ3n) is 1.61. The van der Waals surface area contributed by atoms with Crippen molar-refractivity contribution in [2.24, 2.45) is 0 Å². The molecular weight excluding hydrogens is 178 g/mol. The minimum Gasteiger partial charge on any atom is -0.383 e. The van der Waals surface area contributed by atoms with Gasteiger partial charge in [-0.2, -0.15) is 5.10 Å². The van der Waals surface area contributed by atoms with Gasteiger partial charge in [-0.25, -0.2) is 4.68 Å². The highest BCUT2D eigenvalue weighted by molar-refractivity contribution is 6.32. The molecule has 0 aliphatic heterocycles. The zero-order valence-corrected chi connectivity index (χ0v) is 7.88. The van der Waals surface area contributed by atoms with Crippen molar-refractivity contribution in [2.45, 2.75) is 13.0 Å². The second-order valence-corrected chi connectivity index (χ2v) is 3.03. The van der Waals surface area contributed by atoms with Crippen LogP contribution in [0, 0.1) is 0 Å². The fraction of sp³-hybridized carbons (Fsp3) is 0.571. The molecule has 12 heavy (non-hydrogen) atoms. The largest absolute Gasteiger partial charge is 0.383 e. The van der Waals surface area contributed by atoms with E-state index in [0.29, 0.717) is 17.4 Å². The lowest BCUT2D eigenvalue weighted by Gasteiger charge is -2.12. The molecule has 1 rings (SSSR count). The Morgan fingerprint density at radius 1 is 1.83 bits per heavy atom. The summed E-state index contributed by atoms with van der Waals surface area (Å²) in [7, 11) is 1.64. The monoisotopic (exact) mass is 189 g/mol. The van der Waals surface area contributed by atoms with Gasteiger partial charge in [0, 0.05) is 7.11 Å². The highest BCUT2D eigenvalue weighted by atomic mass is 35.5. The molecule has 0 bridgehead atoms. The second-order valence-electron chi connectivity index (χ2n) is 2.63. The lowest BCUT2D eigenvalue weighted by molar-refractivity contribution is 0.158. The van der Waals surface area contributed by atoms with Crippen molar-refractivity contribution in [3.05, 3.63) is 11.2 Å². The molecule has 1 atom stereocenters. The number of nitrogens with zero attached hydrogens (tertiary/aromatic N) is 2. The van der Waals surface area contributed by atoms with Gasteiger partial charge in [-0.1, -0.05) is 11.6 Å². The maximum atomic E-state index is 5.72. The Kier molecular flexibility index (Phi) is 2.94. The van der Waals surface area contributed by atoms with Crippen LogP contribution in [0.2, 0.25) is 5.02 Å². The van der Waals surface area contributed by atoms with Gasteiger partial charge < -0.3 is 10.5 Å². The number of rotatable bonds is 3.